The highest BCUT2D eigenvalue weighted by atomic mass is 16.4. The Morgan fingerprint density at radius 1 is 0.962 bits per heavy atom. The standard InChI is InChI=1S/C20H20N2O4/c23-18(11-21-19(24)15-9-5-2-6-10-15)22-12-16(17(13-22)20(25)26)14-7-3-1-4-8-14/h1-10,16-17H,11-13H2,(H,21,24)(H,25,26). The predicted octanol–water partition coefficient (Wildman–Crippen LogP) is 1.74. The Labute approximate surface area is 151 Å². The van der Waals surface area contributed by atoms with Gasteiger partial charge >= 0.3 is 5.97 Å². The first-order chi connectivity index (χ1) is 12.6. The molecule has 2 aromatic rings. The molecule has 6 nitrogen and oxygen atoms in total. The van der Waals surface area contributed by atoms with E-state index < -0.39 is 11.9 Å². The maximum absolute atomic E-state index is 12.4. The van der Waals surface area contributed by atoms with Crippen molar-refractivity contribution in [3.63, 3.8) is 0 Å². The Morgan fingerprint density at radius 2 is 1.58 bits per heavy atom. The molecule has 2 amide bonds. The molecule has 0 saturated carbocycles. The van der Waals surface area contributed by atoms with Crippen molar-refractivity contribution in [2.24, 2.45) is 5.92 Å². The average Bonchev–Trinajstić information content (AvgIpc) is 3.13. The fraction of sp³-hybridized carbons (Fsp3) is 0.250. The van der Waals surface area contributed by atoms with Crippen molar-refractivity contribution >= 4 is 17.8 Å². The number of benzene rings is 2. The number of nitrogens with zero attached hydrogens (tertiary/aromatic N) is 1. The molecule has 1 saturated heterocycles. The maximum atomic E-state index is 12.4. The van der Waals surface area contributed by atoms with Crippen LogP contribution in [0.3, 0.4) is 0 Å². The molecule has 1 aliphatic heterocycles. The van der Waals surface area contributed by atoms with Gasteiger partial charge in [-0.15, -0.1) is 0 Å². The van der Waals surface area contributed by atoms with Gasteiger partial charge in [0.15, 0.2) is 0 Å². The van der Waals surface area contributed by atoms with Gasteiger partial charge < -0.3 is 15.3 Å². The quantitative estimate of drug-likeness (QED) is 0.858. The SMILES string of the molecule is O=C(NCC(=O)N1CC(C(=O)O)C(c2ccccc2)C1)c1ccccc1. The third-order valence-electron chi connectivity index (χ3n) is 4.65. The van der Waals surface area contributed by atoms with Crippen LogP contribution >= 0.6 is 0 Å². The van der Waals surface area contributed by atoms with Crippen molar-refractivity contribution in [2.75, 3.05) is 19.6 Å². The van der Waals surface area contributed by atoms with Crippen molar-refractivity contribution in [1.29, 1.82) is 0 Å². The fourth-order valence-electron chi connectivity index (χ4n) is 3.25. The van der Waals surface area contributed by atoms with Crippen LogP contribution < -0.4 is 5.32 Å². The van der Waals surface area contributed by atoms with Crippen molar-refractivity contribution in [2.45, 2.75) is 5.92 Å². The lowest BCUT2D eigenvalue weighted by Gasteiger charge is -2.17. The molecule has 0 spiro atoms. The summed E-state index contributed by atoms with van der Waals surface area (Å²) in [6.45, 7) is 0.331. The summed E-state index contributed by atoms with van der Waals surface area (Å²) in [6.07, 6.45) is 0. The third-order valence-corrected chi connectivity index (χ3v) is 4.65. The Kier molecular flexibility index (Phi) is 5.31. The van der Waals surface area contributed by atoms with Crippen LogP contribution in [0.5, 0.6) is 0 Å². The summed E-state index contributed by atoms with van der Waals surface area (Å²) in [5.41, 5.74) is 1.39. The first kappa shape index (κ1) is 17.7. The number of hydrogen-bond acceptors (Lipinski definition) is 3. The van der Waals surface area contributed by atoms with Gasteiger partial charge in [0, 0.05) is 24.6 Å². The van der Waals surface area contributed by atoms with E-state index in [4.69, 9.17) is 0 Å². The van der Waals surface area contributed by atoms with Crippen molar-refractivity contribution in [1.82, 2.24) is 10.2 Å². The second kappa shape index (κ2) is 7.82. The monoisotopic (exact) mass is 352 g/mol. The maximum Gasteiger partial charge on any atom is 0.308 e. The minimum absolute atomic E-state index is 0.148. The van der Waals surface area contributed by atoms with Crippen LogP contribution in [0, 0.1) is 5.92 Å². The molecular formula is C20H20N2O4. The van der Waals surface area contributed by atoms with Gasteiger partial charge in [-0.3, -0.25) is 14.4 Å². The smallest absolute Gasteiger partial charge is 0.308 e. The fourth-order valence-corrected chi connectivity index (χ4v) is 3.25. The third kappa shape index (κ3) is 3.91. The second-order valence-corrected chi connectivity index (χ2v) is 6.31. The summed E-state index contributed by atoms with van der Waals surface area (Å²) in [5.74, 6) is -2.41. The zero-order valence-corrected chi connectivity index (χ0v) is 14.2. The van der Waals surface area contributed by atoms with Gasteiger partial charge in [-0.2, -0.15) is 0 Å². The Bertz CT molecular complexity index is 792. The molecule has 1 aliphatic rings. The molecule has 2 atom stereocenters. The van der Waals surface area contributed by atoms with Gasteiger partial charge in [0.25, 0.3) is 5.91 Å². The molecule has 3 rings (SSSR count). The van der Waals surface area contributed by atoms with E-state index in [2.05, 4.69) is 5.32 Å². The van der Waals surface area contributed by atoms with Crippen LogP contribution in [0.4, 0.5) is 0 Å². The minimum atomic E-state index is -0.914. The molecule has 1 fully saturated rings. The molecule has 134 valence electrons. The van der Waals surface area contributed by atoms with Crippen molar-refractivity contribution < 1.29 is 19.5 Å². The lowest BCUT2D eigenvalue weighted by molar-refractivity contribution is -0.141. The van der Waals surface area contributed by atoms with Crippen LogP contribution in [-0.4, -0.2) is 47.4 Å². The lowest BCUT2D eigenvalue weighted by Crippen LogP contribution is -2.39. The molecule has 6 heteroatoms. The van der Waals surface area contributed by atoms with E-state index in [0.717, 1.165) is 5.56 Å². The molecule has 0 bridgehead atoms. The van der Waals surface area contributed by atoms with Crippen LogP contribution in [0.15, 0.2) is 60.7 Å². The number of carbonyl (C=O) groups is 3. The molecule has 1 heterocycles. The van der Waals surface area contributed by atoms with Crippen molar-refractivity contribution in [3.05, 3.63) is 71.8 Å². The van der Waals surface area contributed by atoms with Gasteiger partial charge in [-0.1, -0.05) is 48.5 Å². The molecule has 26 heavy (non-hydrogen) atoms. The van der Waals surface area contributed by atoms with E-state index in [1.54, 1.807) is 24.3 Å². The number of amides is 2. The summed E-state index contributed by atoms with van der Waals surface area (Å²) in [7, 11) is 0. The number of aliphatic carboxylic acids is 1. The summed E-state index contributed by atoms with van der Waals surface area (Å²) < 4.78 is 0. The van der Waals surface area contributed by atoms with E-state index in [1.807, 2.05) is 36.4 Å². The molecule has 0 aromatic heterocycles. The molecule has 2 aromatic carbocycles. The molecular weight excluding hydrogens is 332 g/mol. The largest absolute Gasteiger partial charge is 0.481 e. The van der Waals surface area contributed by atoms with E-state index in [-0.39, 0.29) is 30.8 Å². The number of carboxylic acids is 1. The summed E-state index contributed by atoms with van der Waals surface area (Å²) >= 11 is 0. The average molecular weight is 352 g/mol. The van der Waals surface area contributed by atoms with Gasteiger partial charge in [-0.05, 0) is 17.7 Å². The Hall–Kier alpha value is -3.15. The van der Waals surface area contributed by atoms with Gasteiger partial charge in [0.05, 0.1) is 12.5 Å². The second-order valence-electron chi connectivity index (χ2n) is 6.31. The number of likely N-dealkylation sites (tertiary alicyclic amines) is 1. The van der Waals surface area contributed by atoms with Crippen LogP contribution in [0.2, 0.25) is 0 Å². The number of hydrogen-bond donors (Lipinski definition) is 2. The van der Waals surface area contributed by atoms with E-state index >= 15 is 0 Å². The molecule has 0 radical (unpaired) electrons. The predicted molar refractivity (Wildman–Crippen MR) is 95.7 cm³/mol. The summed E-state index contributed by atoms with van der Waals surface area (Å²) in [6, 6.07) is 18.0. The topological polar surface area (TPSA) is 86.7 Å². The summed E-state index contributed by atoms with van der Waals surface area (Å²) in [5, 5.41) is 12.1. The molecule has 2 N–H and O–H groups in total. The van der Waals surface area contributed by atoms with Gasteiger partial charge in [0.1, 0.15) is 0 Å². The highest BCUT2D eigenvalue weighted by Gasteiger charge is 2.40. The van der Waals surface area contributed by atoms with E-state index in [9.17, 15) is 19.5 Å². The number of nitrogens with one attached hydrogen (secondary N) is 1. The van der Waals surface area contributed by atoms with Crippen LogP contribution in [0.1, 0.15) is 21.8 Å². The minimum Gasteiger partial charge on any atom is -0.481 e. The lowest BCUT2D eigenvalue weighted by atomic mass is 9.89. The van der Waals surface area contributed by atoms with Gasteiger partial charge in [-0.25, -0.2) is 0 Å². The highest BCUT2D eigenvalue weighted by Crippen LogP contribution is 2.32. The first-order valence-corrected chi connectivity index (χ1v) is 8.45. The molecule has 2 unspecified atom stereocenters. The zero-order chi connectivity index (χ0) is 18.5. The van der Waals surface area contributed by atoms with Crippen molar-refractivity contribution in [3.8, 4) is 0 Å². The number of rotatable bonds is 5. The van der Waals surface area contributed by atoms with Crippen LogP contribution in [0.25, 0.3) is 0 Å². The van der Waals surface area contributed by atoms with Crippen LogP contribution in [-0.2, 0) is 9.59 Å². The van der Waals surface area contributed by atoms with Gasteiger partial charge in [0.2, 0.25) is 5.91 Å². The highest BCUT2D eigenvalue weighted by molar-refractivity contribution is 5.96. The normalized spacial score (nSPS) is 19.2. The Balaban J connectivity index is 1.63. The number of carbonyl (C=O) groups excluding carboxylic acids is 2. The first-order valence-electron chi connectivity index (χ1n) is 8.45. The summed E-state index contributed by atoms with van der Waals surface area (Å²) in [4.78, 5) is 37.6. The number of carboxylic acid groups (broad SMARTS) is 1. The zero-order valence-electron chi connectivity index (χ0n) is 14.2. The molecule has 0 aliphatic carbocycles. The Morgan fingerprint density at radius 3 is 2.19 bits per heavy atom. The van der Waals surface area contributed by atoms with E-state index in [1.165, 1.54) is 4.90 Å². The van der Waals surface area contributed by atoms with E-state index in [0.29, 0.717) is 12.1 Å².